The molecule has 2 aromatic carbocycles. The first-order valence-electron chi connectivity index (χ1n) is 9.38. The van der Waals surface area contributed by atoms with Crippen LogP contribution in [-0.4, -0.2) is 50.8 Å². The van der Waals surface area contributed by atoms with Gasteiger partial charge in [-0.2, -0.15) is 0 Å². The van der Waals surface area contributed by atoms with E-state index in [2.05, 4.69) is 21.9 Å². The number of nitrogens with two attached hydrogens (primary N) is 1. The lowest BCUT2D eigenvalue weighted by molar-refractivity contribution is 0.0910. The third-order valence-corrected chi connectivity index (χ3v) is 5.02. The molecule has 1 unspecified atom stereocenters. The number of rotatable bonds is 7. The monoisotopic (exact) mass is 387 g/mol. The minimum absolute atomic E-state index is 0.323. The molecule has 0 bridgehead atoms. The highest BCUT2D eigenvalue weighted by Gasteiger charge is 2.21. The van der Waals surface area contributed by atoms with E-state index < -0.39 is 12.2 Å². The summed E-state index contributed by atoms with van der Waals surface area (Å²) in [5.41, 5.74) is 7.14. The van der Waals surface area contributed by atoms with Crippen molar-refractivity contribution >= 4 is 11.8 Å². The number of nitrogens with zero attached hydrogens (tertiary/aromatic N) is 2. The van der Waals surface area contributed by atoms with Gasteiger partial charge < -0.3 is 20.1 Å². The lowest BCUT2D eigenvalue weighted by Gasteiger charge is -2.36. The number of methoxy groups -OCH3 is 1. The van der Waals surface area contributed by atoms with E-state index in [1.165, 1.54) is 17.8 Å². The first kappa shape index (κ1) is 19.9. The van der Waals surface area contributed by atoms with Gasteiger partial charge in [0.1, 0.15) is 17.7 Å². The van der Waals surface area contributed by atoms with E-state index in [1.807, 2.05) is 12.1 Å². The van der Waals surface area contributed by atoms with Crippen molar-refractivity contribution in [2.75, 3.05) is 44.7 Å². The summed E-state index contributed by atoms with van der Waals surface area (Å²) in [6.45, 7) is 4.44. The normalized spacial score (nSPS) is 15.9. The largest absolute Gasteiger partial charge is 0.497 e. The number of anilines is 1. The van der Waals surface area contributed by atoms with Crippen LogP contribution in [0.25, 0.3) is 0 Å². The molecule has 1 saturated heterocycles. The van der Waals surface area contributed by atoms with Gasteiger partial charge >= 0.3 is 6.09 Å². The topological polar surface area (TPSA) is 68.0 Å². The number of benzene rings is 2. The molecule has 0 aliphatic carbocycles. The molecule has 150 valence electrons. The SMILES string of the molecule is COc1ccc(N2CCN(CCC(OC(N)=O)c3ccc(F)cc3)CC2)cc1. The number of halogens is 1. The number of hydrogen-bond acceptors (Lipinski definition) is 5. The fourth-order valence-electron chi connectivity index (χ4n) is 3.43. The van der Waals surface area contributed by atoms with Crippen LogP contribution in [0.15, 0.2) is 48.5 Å². The second kappa shape index (κ2) is 9.41. The highest BCUT2D eigenvalue weighted by molar-refractivity contribution is 5.65. The summed E-state index contributed by atoms with van der Waals surface area (Å²) in [5, 5.41) is 0. The first-order valence-corrected chi connectivity index (χ1v) is 9.38. The van der Waals surface area contributed by atoms with Crippen LogP contribution < -0.4 is 15.4 Å². The predicted octanol–water partition coefficient (Wildman–Crippen LogP) is 3.18. The highest BCUT2D eigenvalue weighted by Crippen LogP contribution is 2.24. The fourth-order valence-corrected chi connectivity index (χ4v) is 3.43. The van der Waals surface area contributed by atoms with Gasteiger partial charge in [0.25, 0.3) is 0 Å². The van der Waals surface area contributed by atoms with Crippen molar-refractivity contribution in [1.29, 1.82) is 0 Å². The summed E-state index contributed by atoms with van der Waals surface area (Å²) >= 11 is 0. The molecule has 6 nitrogen and oxygen atoms in total. The van der Waals surface area contributed by atoms with Gasteiger partial charge in [-0.05, 0) is 42.0 Å². The third kappa shape index (κ3) is 5.36. The maximum absolute atomic E-state index is 13.2. The molecule has 0 spiro atoms. The summed E-state index contributed by atoms with van der Waals surface area (Å²) in [4.78, 5) is 15.9. The molecule has 3 rings (SSSR count). The van der Waals surface area contributed by atoms with Crippen LogP contribution in [0, 0.1) is 5.82 Å². The molecule has 1 heterocycles. The Hall–Kier alpha value is -2.80. The van der Waals surface area contributed by atoms with Crippen LogP contribution in [0.1, 0.15) is 18.1 Å². The average Bonchev–Trinajstić information content (AvgIpc) is 2.72. The molecule has 0 radical (unpaired) electrons. The number of carbonyl (C=O) groups excluding carboxylic acids is 1. The Morgan fingerprint density at radius 2 is 1.71 bits per heavy atom. The molecule has 1 aliphatic rings. The Morgan fingerprint density at radius 1 is 1.07 bits per heavy atom. The van der Waals surface area contributed by atoms with E-state index >= 15 is 0 Å². The molecule has 28 heavy (non-hydrogen) atoms. The van der Waals surface area contributed by atoms with Gasteiger partial charge in [-0.25, -0.2) is 9.18 Å². The number of carbonyl (C=O) groups is 1. The van der Waals surface area contributed by atoms with E-state index in [-0.39, 0.29) is 5.82 Å². The summed E-state index contributed by atoms with van der Waals surface area (Å²) in [6, 6.07) is 14.1. The van der Waals surface area contributed by atoms with Crippen molar-refractivity contribution in [3.63, 3.8) is 0 Å². The molecular weight excluding hydrogens is 361 g/mol. The van der Waals surface area contributed by atoms with Gasteiger partial charge in [0.15, 0.2) is 0 Å². The molecule has 2 N–H and O–H groups in total. The number of ether oxygens (including phenoxy) is 2. The molecule has 1 atom stereocenters. The highest BCUT2D eigenvalue weighted by atomic mass is 19.1. The maximum Gasteiger partial charge on any atom is 0.405 e. The molecule has 0 aromatic heterocycles. The fraction of sp³-hybridized carbons (Fsp3) is 0.381. The summed E-state index contributed by atoms with van der Waals surface area (Å²) < 4.78 is 23.6. The summed E-state index contributed by atoms with van der Waals surface area (Å²) in [5.74, 6) is 0.528. The Labute approximate surface area is 164 Å². The van der Waals surface area contributed by atoms with Gasteiger partial charge in [-0.15, -0.1) is 0 Å². The Balaban J connectivity index is 1.52. The Kier molecular flexibility index (Phi) is 6.71. The average molecular weight is 387 g/mol. The molecule has 1 aliphatic heterocycles. The standard InChI is InChI=1S/C21H26FN3O3/c1-27-19-8-6-18(7-9-19)25-14-12-24(13-15-25)11-10-20(28-21(23)26)16-2-4-17(22)5-3-16/h2-9,20H,10-15H2,1H3,(H2,23,26). The van der Waals surface area contributed by atoms with Gasteiger partial charge in [0.2, 0.25) is 0 Å². The molecule has 1 fully saturated rings. The van der Waals surface area contributed by atoms with Gasteiger partial charge in [0.05, 0.1) is 7.11 Å². The van der Waals surface area contributed by atoms with Crippen LogP contribution in [0.3, 0.4) is 0 Å². The van der Waals surface area contributed by atoms with E-state index in [9.17, 15) is 9.18 Å². The van der Waals surface area contributed by atoms with Gasteiger partial charge in [0, 0.05) is 44.8 Å². The Morgan fingerprint density at radius 3 is 2.29 bits per heavy atom. The molecule has 7 heteroatoms. The second-order valence-corrected chi connectivity index (χ2v) is 6.79. The van der Waals surface area contributed by atoms with Crippen molar-refractivity contribution in [3.05, 3.63) is 59.9 Å². The van der Waals surface area contributed by atoms with E-state index in [1.54, 1.807) is 19.2 Å². The lowest BCUT2D eigenvalue weighted by atomic mass is 10.1. The summed E-state index contributed by atoms with van der Waals surface area (Å²) in [6.07, 6.45) is -0.687. The van der Waals surface area contributed by atoms with Crippen molar-refractivity contribution in [2.24, 2.45) is 5.73 Å². The molecule has 1 amide bonds. The number of piperazine rings is 1. The summed E-state index contributed by atoms with van der Waals surface area (Å²) in [7, 11) is 1.66. The lowest BCUT2D eigenvalue weighted by Crippen LogP contribution is -2.46. The predicted molar refractivity (Wildman–Crippen MR) is 106 cm³/mol. The first-order chi connectivity index (χ1) is 13.5. The zero-order chi connectivity index (χ0) is 19.9. The van der Waals surface area contributed by atoms with Crippen molar-refractivity contribution in [2.45, 2.75) is 12.5 Å². The second-order valence-electron chi connectivity index (χ2n) is 6.79. The Bertz CT molecular complexity index is 759. The molecule has 2 aromatic rings. The van der Waals surface area contributed by atoms with Crippen molar-refractivity contribution in [3.8, 4) is 5.75 Å². The van der Waals surface area contributed by atoms with Crippen LogP contribution in [0.2, 0.25) is 0 Å². The van der Waals surface area contributed by atoms with Crippen molar-refractivity contribution in [1.82, 2.24) is 4.90 Å². The minimum Gasteiger partial charge on any atom is -0.497 e. The van der Waals surface area contributed by atoms with E-state index in [4.69, 9.17) is 15.2 Å². The van der Waals surface area contributed by atoms with Crippen LogP contribution in [-0.2, 0) is 4.74 Å². The van der Waals surface area contributed by atoms with Crippen LogP contribution >= 0.6 is 0 Å². The van der Waals surface area contributed by atoms with Gasteiger partial charge in [-0.1, -0.05) is 12.1 Å². The number of hydrogen-bond donors (Lipinski definition) is 1. The van der Waals surface area contributed by atoms with Crippen LogP contribution in [0.4, 0.5) is 14.9 Å². The van der Waals surface area contributed by atoms with Crippen molar-refractivity contribution < 1.29 is 18.7 Å². The van der Waals surface area contributed by atoms with Gasteiger partial charge in [-0.3, -0.25) is 4.90 Å². The zero-order valence-electron chi connectivity index (χ0n) is 16.0. The van der Waals surface area contributed by atoms with Crippen LogP contribution in [0.5, 0.6) is 5.75 Å². The quantitative estimate of drug-likeness (QED) is 0.790. The smallest absolute Gasteiger partial charge is 0.405 e. The molecule has 0 saturated carbocycles. The van der Waals surface area contributed by atoms with E-state index in [0.29, 0.717) is 6.42 Å². The molecular formula is C21H26FN3O3. The third-order valence-electron chi connectivity index (χ3n) is 5.02. The zero-order valence-corrected chi connectivity index (χ0v) is 16.0. The number of amides is 1. The maximum atomic E-state index is 13.2. The van der Waals surface area contributed by atoms with E-state index in [0.717, 1.165) is 44.0 Å². The minimum atomic E-state index is -0.821. The number of primary amides is 1.